The lowest BCUT2D eigenvalue weighted by molar-refractivity contribution is -0.125. The van der Waals surface area contributed by atoms with Crippen LogP contribution in [0.25, 0.3) is 0 Å². The first-order valence-electron chi connectivity index (χ1n) is 7.95. The Morgan fingerprint density at radius 1 is 1.29 bits per heavy atom. The molecule has 0 aliphatic heterocycles. The molecule has 114 valence electrons. The van der Waals surface area contributed by atoms with E-state index in [9.17, 15) is 4.79 Å². The van der Waals surface area contributed by atoms with Crippen molar-refractivity contribution < 1.29 is 9.90 Å². The van der Waals surface area contributed by atoms with Crippen LogP contribution in [0.5, 0.6) is 0 Å². The highest BCUT2D eigenvalue weighted by Gasteiger charge is 2.40. The van der Waals surface area contributed by atoms with E-state index in [1.54, 1.807) is 0 Å². The van der Waals surface area contributed by atoms with Gasteiger partial charge in [-0.3, -0.25) is 9.69 Å². The van der Waals surface area contributed by atoms with E-state index >= 15 is 0 Å². The van der Waals surface area contributed by atoms with Crippen LogP contribution in [-0.4, -0.2) is 41.7 Å². The molecule has 0 atom stereocenters. The van der Waals surface area contributed by atoms with Crippen LogP contribution in [0.2, 0.25) is 0 Å². The summed E-state index contributed by atoms with van der Waals surface area (Å²) in [5.74, 6) is 0.0823. The van der Waals surface area contributed by atoms with E-state index in [0.717, 1.165) is 32.1 Å². The highest BCUT2D eigenvalue weighted by Crippen LogP contribution is 2.41. The summed E-state index contributed by atoms with van der Waals surface area (Å²) in [7, 11) is 0. The summed E-state index contributed by atoms with van der Waals surface area (Å²) >= 11 is 0. The van der Waals surface area contributed by atoms with Gasteiger partial charge in [-0.2, -0.15) is 0 Å². The Hall–Kier alpha value is -1.39. The number of carbonyl (C=O) groups is 1. The molecule has 0 spiro atoms. The zero-order chi connectivity index (χ0) is 14.7. The number of hydrogen-bond donors (Lipinski definition) is 2. The maximum Gasteiger partial charge on any atom is 0.234 e. The molecule has 2 aliphatic rings. The number of nitrogens with zero attached hydrogens (tertiary/aromatic N) is 1. The van der Waals surface area contributed by atoms with Crippen molar-refractivity contribution in [3.05, 3.63) is 35.9 Å². The number of carbonyl (C=O) groups excluding carboxylic acids is 1. The van der Waals surface area contributed by atoms with Gasteiger partial charge in [-0.25, -0.2) is 0 Å². The third-order valence-electron chi connectivity index (χ3n) is 4.71. The summed E-state index contributed by atoms with van der Waals surface area (Å²) in [5.41, 5.74) is 1.05. The lowest BCUT2D eigenvalue weighted by Crippen LogP contribution is -2.53. The van der Waals surface area contributed by atoms with E-state index in [1.165, 1.54) is 5.56 Å². The zero-order valence-electron chi connectivity index (χ0n) is 12.4. The molecule has 1 amide bonds. The second kappa shape index (κ2) is 6.16. The molecular formula is C17H24N2O2. The Morgan fingerprint density at radius 2 is 2.00 bits per heavy atom. The molecule has 1 aromatic carbocycles. The van der Waals surface area contributed by atoms with Crippen LogP contribution in [0, 0.1) is 0 Å². The minimum Gasteiger partial charge on any atom is -0.395 e. The predicted molar refractivity (Wildman–Crippen MR) is 81.8 cm³/mol. The average Bonchev–Trinajstić information content (AvgIpc) is 3.28. The van der Waals surface area contributed by atoms with E-state index in [-0.39, 0.29) is 18.1 Å². The molecule has 1 aromatic rings. The van der Waals surface area contributed by atoms with Crippen molar-refractivity contribution in [1.82, 2.24) is 10.2 Å². The van der Waals surface area contributed by atoms with Gasteiger partial charge in [0, 0.05) is 12.6 Å². The molecule has 0 bridgehead atoms. The number of aliphatic hydroxyl groups is 1. The first kappa shape index (κ1) is 14.5. The monoisotopic (exact) mass is 288 g/mol. The molecule has 21 heavy (non-hydrogen) atoms. The van der Waals surface area contributed by atoms with Crippen LogP contribution in [-0.2, 0) is 10.3 Å². The van der Waals surface area contributed by atoms with Crippen molar-refractivity contribution in [2.75, 3.05) is 19.7 Å². The van der Waals surface area contributed by atoms with E-state index in [2.05, 4.69) is 22.3 Å². The Morgan fingerprint density at radius 3 is 2.52 bits per heavy atom. The Labute approximate surface area is 126 Å². The summed E-state index contributed by atoms with van der Waals surface area (Å²) in [4.78, 5) is 14.5. The van der Waals surface area contributed by atoms with E-state index < -0.39 is 0 Å². The topological polar surface area (TPSA) is 52.6 Å². The Bertz CT molecular complexity index is 481. The predicted octanol–water partition coefficient (Wildman–Crippen LogP) is 1.64. The number of aliphatic hydroxyl groups excluding tert-OH is 1. The molecule has 2 N–H and O–H groups in total. The van der Waals surface area contributed by atoms with Crippen molar-refractivity contribution in [3.63, 3.8) is 0 Å². The van der Waals surface area contributed by atoms with Crippen molar-refractivity contribution >= 4 is 5.91 Å². The molecule has 0 aromatic heterocycles. The van der Waals surface area contributed by atoms with Crippen LogP contribution in [0.15, 0.2) is 30.3 Å². The maximum atomic E-state index is 12.4. The second-order valence-corrected chi connectivity index (χ2v) is 6.28. The zero-order valence-corrected chi connectivity index (χ0v) is 12.4. The lowest BCUT2D eigenvalue weighted by atomic mass is 9.72. The number of nitrogens with one attached hydrogen (secondary N) is 1. The number of hydrogen-bond acceptors (Lipinski definition) is 3. The fraction of sp³-hybridized carbons (Fsp3) is 0.588. The molecule has 4 nitrogen and oxygen atoms in total. The molecule has 2 saturated carbocycles. The van der Waals surface area contributed by atoms with Crippen LogP contribution in [0.4, 0.5) is 0 Å². The van der Waals surface area contributed by atoms with Gasteiger partial charge in [0.15, 0.2) is 0 Å². The van der Waals surface area contributed by atoms with Gasteiger partial charge in [0.2, 0.25) is 5.91 Å². The number of benzene rings is 1. The van der Waals surface area contributed by atoms with Gasteiger partial charge < -0.3 is 10.4 Å². The fourth-order valence-corrected chi connectivity index (χ4v) is 3.22. The summed E-state index contributed by atoms with van der Waals surface area (Å²) in [6, 6.07) is 10.8. The average molecular weight is 288 g/mol. The molecule has 0 heterocycles. The smallest absolute Gasteiger partial charge is 0.234 e. The highest BCUT2D eigenvalue weighted by atomic mass is 16.3. The van der Waals surface area contributed by atoms with Crippen LogP contribution < -0.4 is 5.32 Å². The van der Waals surface area contributed by atoms with Crippen LogP contribution in [0.3, 0.4) is 0 Å². The van der Waals surface area contributed by atoms with Crippen molar-refractivity contribution in [2.24, 2.45) is 0 Å². The molecule has 4 heteroatoms. The van der Waals surface area contributed by atoms with Crippen LogP contribution in [0.1, 0.15) is 37.7 Å². The summed E-state index contributed by atoms with van der Waals surface area (Å²) < 4.78 is 0. The van der Waals surface area contributed by atoms with E-state index in [1.807, 2.05) is 18.2 Å². The third kappa shape index (κ3) is 3.27. The van der Waals surface area contributed by atoms with Crippen molar-refractivity contribution in [2.45, 2.75) is 43.7 Å². The first-order valence-corrected chi connectivity index (χ1v) is 7.95. The van der Waals surface area contributed by atoms with Crippen LogP contribution >= 0.6 is 0 Å². The van der Waals surface area contributed by atoms with Gasteiger partial charge in [0.25, 0.3) is 0 Å². The first-order chi connectivity index (χ1) is 10.2. The summed E-state index contributed by atoms with van der Waals surface area (Å²) in [5, 5.41) is 12.4. The normalized spacial score (nSPS) is 20.1. The fourth-order valence-electron chi connectivity index (χ4n) is 3.22. The molecular weight excluding hydrogens is 264 g/mol. The maximum absolute atomic E-state index is 12.4. The molecule has 3 rings (SSSR count). The SMILES string of the molecule is O=C(CN(CCO)C1CC1)NC1(c2ccccc2)CCC1. The Kier molecular flexibility index (Phi) is 4.27. The molecule has 2 fully saturated rings. The molecule has 0 unspecified atom stereocenters. The molecule has 0 radical (unpaired) electrons. The van der Waals surface area contributed by atoms with Gasteiger partial charge in [0.05, 0.1) is 18.7 Å². The van der Waals surface area contributed by atoms with Gasteiger partial charge >= 0.3 is 0 Å². The number of rotatable bonds is 7. The van der Waals surface area contributed by atoms with Gasteiger partial charge in [-0.15, -0.1) is 0 Å². The van der Waals surface area contributed by atoms with Gasteiger partial charge in [-0.1, -0.05) is 30.3 Å². The molecule has 0 saturated heterocycles. The van der Waals surface area contributed by atoms with Gasteiger partial charge in [-0.05, 0) is 37.7 Å². The van der Waals surface area contributed by atoms with E-state index in [0.29, 0.717) is 19.1 Å². The van der Waals surface area contributed by atoms with Gasteiger partial charge in [0.1, 0.15) is 0 Å². The highest BCUT2D eigenvalue weighted by molar-refractivity contribution is 5.79. The Balaban J connectivity index is 1.62. The quantitative estimate of drug-likeness (QED) is 0.802. The van der Waals surface area contributed by atoms with Crippen molar-refractivity contribution in [1.29, 1.82) is 0 Å². The lowest BCUT2D eigenvalue weighted by Gasteiger charge is -2.43. The summed E-state index contributed by atoms with van der Waals surface area (Å²) in [6.07, 6.45) is 5.50. The van der Waals surface area contributed by atoms with Crippen molar-refractivity contribution in [3.8, 4) is 0 Å². The summed E-state index contributed by atoms with van der Waals surface area (Å²) in [6.45, 7) is 1.11. The molecule has 2 aliphatic carbocycles. The minimum absolute atomic E-state index is 0.0823. The largest absolute Gasteiger partial charge is 0.395 e. The van der Waals surface area contributed by atoms with E-state index in [4.69, 9.17) is 5.11 Å². The second-order valence-electron chi connectivity index (χ2n) is 6.28. The standard InChI is InChI=1S/C17H24N2O2/c20-12-11-19(15-7-8-15)13-16(21)18-17(9-4-10-17)14-5-2-1-3-6-14/h1-3,5-6,15,20H,4,7-13H2,(H,18,21). The third-order valence-corrected chi connectivity index (χ3v) is 4.71. The minimum atomic E-state index is -0.160. The number of amides is 1.